The van der Waals surface area contributed by atoms with Gasteiger partial charge >= 0.3 is 6.09 Å². The Bertz CT molecular complexity index is 309. The van der Waals surface area contributed by atoms with E-state index in [-0.39, 0.29) is 5.91 Å². The highest BCUT2D eigenvalue weighted by molar-refractivity contribution is 8.15. The Morgan fingerprint density at radius 3 is 2.73 bits per heavy atom. The fourth-order valence-electron chi connectivity index (χ4n) is 0.783. The van der Waals surface area contributed by atoms with Crippen LogP contribution >= 0.6 is 11.8 Å². The summed E-state index contributed by atoms with van der Waals surface area (Å²) in [4.78, 5) is 21.9. The topological polar surface area (TPSA) is 79.8 Å². The Hall–Kier alpha value is -1.24. The molecule has 0 spiro atoms. The lowest BCUT2D eigenvalue weighted by molar-refractivity contribution is -0.116. The second-order valence-corrected chi connectivity index (χ2v) is 4.83. The van der Waals surface area contributed by atoms with Crippen LogP contribution in [0.15, 0.2) is 5.10 Å². The normalized spacial score (nSPS) is 18.9. The van der Waals surface area contributed by atoms with E-state index in [2.05, 4.69) is 15.8 Å². The zero-order chi connectivity index (χ0) is 11.5. The highest BCUT2D eigenvalue weighted by Gasteiger charge is 2.18. The van der Waals surface area contributed by atoms with Crippen LogP contribution in [0.1, 0.15) is 20.8 Å². The fraction of sp³-hybridized carbons (Fsp3) is 0.625. The highest BCUT2D eigenvalue weighted by Crippen LogP contribution is 2.09. The molecule has 0 aromatic heterocycles. The molecule has 2 amide bonds. The van der Waals surface area contributed by atoms with Crippen molar-refractivity contribution < 1.29 is 14.3 Å². The summed E-state index contributed by atoms with van der Waals surface area (Å²) in [5, 5.41) is 6.54. The number of amides is 2. The van der Waals surface area contributed by atoms with Gasteiger partial charge in [0.2, 0.25) is 5.91 Å². The molecule has 0 atom stereocenters. The summed E-state index contributed by atoms with van der Waals surface area (Å²) in [6.07, 6.45) is -0.642. The number of carbonyl (C=O) groups excluding carboxylic acids is 2. The van der Waals surface area contributed by atoms with E-state index in [1.807, 2.05) is 0 Å². The second kappa shape index (κ2) is 4.52. The average molecular weight is 231 g/mol. The van der Waals surface area contributed by atoms with Crippen LogP contribution in [0.3, 0.4) is 0 Å². The highest BCUT2D eigenvalue weighted by atomic mass is 32.2. The van der Waals surface area contributed by atoms with Gasteiger partial charge in [0.1, 0.15) is 5.60 Å². The van der Waals surface area contributed by atoms with E-state index in [0.29, 0.717) is 10.9 Å². The Kier molecular flexibility index (Phi) is 3.57. The third-order valence-corrected chi connectivity index (χ3v) is 2.11. The summed E-state index contributed by atoms with van der Waals surface area (Å²) in [6.45, 7) is 5.27. The van der Waals surface area contributed by atoms with Gasteiger partial charge in [-0.3, -0.25) is 4.79 Å². The predicted molar refractivity (Wildman–Crippen MR) is 57.4 cm³/mol. The van der Waals surface area contributed by atoms with Gasteiger partial charge in [-0.05, 0) is 20.8 Å². The van der Waals surface area contributed by atoms with Gasteiger partial charge < -0.3 is 10.1 Å². The van der Waals surface area contributed by atoms with Gasteiger partial charge in [0.05, 0.1) is 5.75 Å². The number of carbonyl (C=O) groups is 2. The molecule has 7 heteroatoms. The molecule has 0 aliphatic carbocycles. The molecule has 0 saturated carbocycles. The largest absolute Gasteiger partial charge is 0.443 e. The Balaban J connectivity index is 2.37. The molecule has 6 nitrogen and oxygen atoms in total. The van der Waals surface area contributed by atoms with Gasteiger partial charge in [0, 0.05) is 0 Å². The quantitative estimate of drug-likeness (QED) is 0.649. The minimum absolute atomic E-state index is 0.121. The Morgan fingerprint density at radius 2 is 2.27 bits per heavy atom. The van der Waals surface area contributed by atoms with Gasteiger partial charge in [0.25, 0.3) is 0 Å². The molecule has 84 valence electrons. The summed E-state index contributed by atoms with van der Waals surface area (Å²) >= 11 is 1.23. The smallest absolute Gasteiger partial charge is 0.428 e. The standard InChI is InChI=1S/C8H13N3O3S/c1-8(2,3)14-7(13)11-10-6-9-5(12)4-15-6/h4H2,1-3H3,(H,11,13)(H,9,10,12). The Labute approximate surface area is 91.8 Å². The van der Waals surface area contributed by atoms with Gasteiger partial charge in [-0.15, -0.1) is 5.10 Å². The number of hydrazone groups is 1. The molecule has 0 radical (unpaired) electrons. The van der Waals surface area contributed by atoms with E-state index in [4.69, 9.17) is 4.74 Å². The van der Waals surface area contributed by atoms with Crippen LogP contribution in [0.4, 0.5) is 4.79 Å². The van der Waals surface area contributed by atoms with Crippen molar-refractivity contribution >= 4 is 28.9 Å². The molecule has 1 saturated heterocycles. The maximum Gasteiger partial charge on any atom is 0.428 e. The van der Waals surface area contributed by atoms with Crippen LogP contribution in [-0.4, -0.2) is 28.5 Å². The first-order chi connectivity index (χ1) is 6.87. The maximum absolute atomic E-state index is 11.1. The van der Waals surface area contributed by atoms with E-state index >= 15 is 0 Å². The molecule has 15 heavy (non-hydrogen) atoms. The maximum atomic E-state index is 11.1. The molecule has 0 bridgehead atoms. The van der Waals surface area contributed by atoms with E-state index < -0.39 is 11.7 Å². The lowest BCUT2D eigenvalue weighted by Crippen LogP contribution is -2.31. The molecule has 0 aromatic rings. The number of amidine groups is 1. The van der Waals surface area contributed by atoms with Crippen molar-refractivity contribution in [1.29, 1.82) is 0 Å². The third-order valence-electron chi connectivity index (χ3n) is 1.23. The van der Waals surface area contributed by atoms with Crippen molar-refractivity contribution in [3.63, 3.8) is 0 Å². The zero-order valence-electron chi connectivity index (χ0n) is 8.79. The minimum atomic E-state index is -0.642. The Morgan fingerprint density at radius 1 is 1.60 bits per heavy atom. The number of rotatable bonds is 1. The first kappa shape index (κ1) is 11.8. The van der Waals surface area contributed by atoms with Gasteiger partial charge in [-0.2, -0.15) is 0 Å². The molecule has 1 fully saturated rings. The van der Waals surface area contributed by atoms with Crippen LogP contribution in [0.2, 0.25) is 0 Å². The van der Waals surface area contributed by atoms with Crippen molar-refractivity contribution in [3.05, 3.63) is 0 Å². The van der Waals surface area contributed by atoms with Crippen LogP contribution in [-0.2, 0) is 9.53 Å². The summed E-state index contributed by atoms with van der Waals surface area (Å²) in [6, 6.07) is 0. The van der Waals surface area contributed by atoms with Crippen LogP contribution in [0, 0.1) is 0 Å². The van der Waals surface area contributed by atoms with Crippen molar-refractivity contribution in [2.45, 2.75) is 26.4 Å². The molecule has 2 N–H and O–H groups in total. The fourth-order valence-corrected chi connectivity index (χ4v) is 1.42. The monoisotopic (exact) mass is 231 g/mol. The minimum Gasteiger partial charge on any atom is -0.443 e. The zero-order valence-corrected chi connectivity index (χ0v) is 9.60. The molecule has 1 aliphatic rings. The number of ether oxygens (including phenoxy) is 1. The van der Waals surface area contributed by atoms with Gasteiger partial charge in [-0.1, -0.05) is 11.8 Å². The molecule has 1 heterocycles. The van der Waals surface area contributed by atoms with Gasteiger partial charge in [-0.25, -0.2) is 10.2 Å². The van der Waals surface area contributed by atoms with Gasteiger partial charge in [0.15, 0.2) is 5.17 Å². The van der Waals surface area contributed by atoms with Crippen molar-refractivity contribution in [1.82, 2.24) is 10.7 Å². The summed E-state index contributed by atoms with van der Waals surface area (Å²) in [5.74, 6) is 0.208. The lowest BCUT2D eigenvalue weighted by atomic mass is 10.2. The molecular formula is C8H13N3O3S. The first-order valence-corrected chi connectivity index (χ1v) is 5.35. The van der Waals surface area contributed by atoms with Crippen molar-refractivity contribution in [2.24, 2.45) is 5.10 Å². The number of hydrogen-bond donors (Lipinski definition) is 2. The first-order valence-electron chi connectivity index (χ1n) is 4.36. The molecule has 0 unspecified atom stereocenters. The number of nitrogens with zero attached hydrogens (tertiary/aromatic N) is 1. The third kappa shape index (κ3) is 4.68. The SMILES string of the molecule is CC(C)(C)OC(=O)N/N=C1/NC(=O)CS1. The average Bonchev–Trinajstić information content (AvgIpc) is 2.45. The van der Waals surface area contributed by atoms with E-state index in [1.54, 1.807) is 20.8 Å². The number of nitrogens with one attached hydrogen (secondary N) is 2. The number of hydrogen-bond acceptors (Lipinski definition) is 5. The number of thioether (sulfide) groups is 1. The molecule has 1 aliphatic heterocycles. The summed E-state index contributed by atoms with van der Waals surface area (Å²) in [5.41, 5.74) is 1.63. The van der Waals surface area contributed by atoms with Crippen LogP contribution in [0.5, 0.6) is 0 Å². The van der Waals surface area contributed by atoms with Crippen LogP contribution < -0.4 is 10.7 Å². The van der Waals surface area contributed by atoms with E-state index in [9.17, 15) is 9.59 Å². The lowest BCUT2D eigenvalue weighted by Gasteiger charge is -2.18. The summed E-state index contributed by atoms with van der Waals surface area (Å²) in [7, 11) is 0. The second-order valence-electron chi connectivity index (χ2n) is 3.87. The van der Waals surface area contributed by atoms with E-state index in [0.717, 1.165) is 0 Å². The molecular weight excluding hydrogens is 218 g/mol. The summed E-state index contributed by atoms with van der Waals surface area (Å²) < 4.78 is 4.95. The van der Waals surface area contributed by atoms with Crippen LogP contribution in [0.25, 0.3) is 0 Å². The predicted octanol–water partition coefficient (Wildman–Crippen LogP) is 0.645. The van der Waals surface area contributed by atoms with Crippen molar-refractivity contribution in [3.8, 4) is 0 Å². The van der Waals surface area contributed by atoms with Crippen molar-refractivity contribution in [2.75, 3.05) is 5.75 Å². The molecule has 0 aromatic carbocycles. The molecule has 1 rings (SSSR count). The van der Waals surface area contributed by atoms with E-state index in [1.165, 1.54) is 11.8 Å².